The van der Waals surface area contributed by atoms with Crippen molar-refractivity contribution in [1.29, 1.82) is 0 Å². The Labute approximate surface area is 166 Å². The molecule has 0 saturated heterocycles. The quantitative estimate of drug-likeness (QED) is 0.586. The van der Waals surface area contributed by atoms with Crippen LogP contribution in [0.15, 0.2) is 51.9 Å². The minimum atomic E-state index is -1.44. The van der Waals surface area contributed by atoms with Gasteiger partial charge in [-0.3, -0.25) is 14.5 Å². The highest BCUT2D eigenvalue weighted by atomic mass is 79.9. The molecule has 0 saturated carbocycles. The molecule has 0 bridgehead atoms. The molecule has 2 aromatic rings. The number of carbonyl (C=O) groups is 2. The Bertz CT molecular complexity index is 1020. The molecule has 1 unspecified atom stereocenters. The Hall–Kier alpha value is -2.47. The normalized spacial score (nSPS) is 21.5. The predicted molar refractivity (Wildman–Crippen MR) is 106 cm³/mol. The molecule has 0 radical (unpaired) electrons. The zero-order valence-electron chi connectivity index (χ0n) is 15.5. The van der Waals surface area contributed by atoms with Crippen LogP contribution in [0.3, 0.4) is 0 Å². The topological polar surface area (TPSA) is 59.0 Å². The van der Waals surface area contributed by atoms with Gasteiger partial charge in [0.05, 0.1) is 5.69 Å². The number of hydrogen-bond donors (Lipinski definition) is 0. The lowest BCUT2D eigenvalue weighted by atomic mass is 9.77. The van der Waals surface area contributed by atoms with Crippen LogP contribution in [0.5, 0.6) is 0 Å². The van der Waals surface area contributed by atoms with Crippen molar-refractivity contribution >= 4 is 39.3 Å². The minimum absolute atomic E-state index is 0.332. The lowest BCUT2D eigenvalue weighted by Crippen LogP contribution is -2.57. The van der Waals surface area contributed by atoms with E-state index in [1.807, 2.05) is 45.0 Å². The summed E-state index contributed by atoms with van der Waals surface area (Å²) >= 11 is 3.49. The number of benzene rings is 2. The summed E-state index contributed by atoms with van der Waals surface area (Å²) < 4.78 is 7.21. The lowest BCUT2D eigenvalue weighted by molar-refractivity contribution is -0.144. The number of aliphatic imine (C=N–C) groups is 1. The van der Waals surface area contributed by atoms with E-state index in [-0.39, 0.29) is 5.91 Å². The molecular weight excluding hydrogens is 408 g/mol. The van der Waals surface area contributed by atoms with Gasteiger partial charge >= 0.3 is 0 Å². The number of likely N-dealkylation sites (N-methyl/N-ethyl adjacent to an activating group) is 1. The standard InChI is InChI=1S/C21H19BrN2O3/c1-20(2,3)18-23-16-10-9-12(22)11-15(16)21(27-18)14-8-6-5-7-13(14)17(25)24(4)19(21)26/h5-11H,1-4H3. The highest BCUT2D eigenvalue weighted by Gasteiger charge is 2.57. The number of amides is 2. The van der Waals surface area contributed by atoms with Gasteiger partial charge in [-0.1, -0.05) is 54.9 Å². The van der Waals surface area contributed by atoms with Gasteiger partial charge in [-0.15, -0.1) is 0 Å². The van der Waals surface area contributed by atoms with Gasteiger partial charge in [0.2, 0.25) is 5.60 Å². The molecule has 0 N–H and O–H groups in total. The first-order chi connectivity index (χ1) is 12.7. The third kappa shape index (κ3) is 2.46. The maximum Gasteiger partial charge on any atom is 0.283 e. The van der Waals surface area contributed by atoms with Crippen molar-refractivity contribution in [1.82, 2.24) is 4.90 Å². The Morgan fingerprint density at radius 3 is 2.48 bits per heavy atom. The van der Waals surface area contributed by atoms with Gasteiger partial charge < -0.3 is 4.74 Å². The van der Waals surface area contributed by atoms with Crippen LogP contribution >= 0.6 is 15.9 Å². The number of halogens is 1. The first kappa shape index (κ1) is 17.9. The summed E-state index contributed by atoms with van der Waals surface area (Å²) in [5, 5.41) is 0. The predicted octanol–water partition coefficient (Wildman–Crippen LogP) is 4.41. The van der Waals surface area contributed by atoms with Gasteiger partial charge in [0.1, 0.15) is 0 Å². The van der Waals surface area contributed by atoms with E-state index in [9.17, 15) is 9.59 Å². The van der Waals surface area contributed by atoms with E-state index in [0.29, 0.717) is 28.3 Å². The highest BCUT2D eigenvalue weighted by molar-refractivity contribution is 9.10. The molecule has 5 nitrogen and oxygen atoms in total. The van der Waals surface area contributed by atoms with Crippen molar-refractivity contribution in [3.05, 3.63) is 63.6 Å². The van der Waals surface area contributed by atoms with Gasteiger partial charge in [-0.2, -0.15) is 0 Å². The van der Waals surface area contributed by atoms with Crippen LogP contribution in [0, 0.1) is 5.41 Å². The Kier molecular flexibility index (Phi) is 3.82. The second-order valence-corrected chi connectivity index (χ2v) is 8.74. The summed E-state index contributed by atoms with van der Waals surface area (Å²) in [5.74, 6) is -0.286. The molecule has 138 valence electrons. The van der Waals surface area contributed by atoms with Crippen LogP contribution in [0.2, 0.25) is 0 Å². The third-order valence-electron chi connectivity index (χ3n) is 4.90. The Balaban J connectivity index is 2.12. The first-order valence-corrected chi connectivity index (χ1v) is 9.46. The van der Waals surface area contributed by atoms with Gasteiger partial charge in [-0.05, 0) is 24.3 Å². The molecule has 0 fully saturated rings. The van der Waals surface area contributed by atoms with Crippen molar-refractivity contribution < 1.29 is 14.3 Å². The van der Waals surface area contributed by atoms with Crippen LogP contribution in [-0.4, -0.2) is 29.7 Å². The van der Waals surface area contributed by atoms with Gasteiger partial charge in [0.15, 0.2) is 5.90 Å². The molecule has 0 aliphatic carbocycles. The molecular formula is C21H19BrN2O3. The van der Waals surface area contributed by atoms with Gasteiger partial charge in [0, 0.05) is 33.6 Å². The summed E-state index contributed by atoms with van der Waals surface area (Å²) in [6, 6.07) is 12.7. The molecule has 6 heteroatoms. The molecule has 2 aromatic carbocycles. The van der Waals surface area contributed by atoms with E-state index >= 15 is 0 Å². The van der Waals surface area contributed by atoms with E-state index in [1.54, 1.807) is 18.2 Å². The fourth-order valence-electron chi connectivity index (χ4n) is 3.50. The summed E-state index contributed by atoms with van der Waals surface area (Å²) in [5.41, 5.74) is 0.451. The smallest absolute Gasteiger partial charge is 0.283 e. The van der Waals surface area contributed by atoms with Crippen LogP contribution in [-0.2, 0) is 15.1 Å². The summed E-state index contributed by atoms with van der Waals surface area (Å²) in [6.07, 6.45) is 0. The van der Waals surface area contributed by atoms with Crippen molar-refractivity contribution in [2.24, 2.45) is 10.4 Å². The molecule has 2 aliphatic rings. The Morgan fingerprint density at radius 1 is 1.07 bits per heavy atom. The summed E-state index contributed by atoms with van der Waals surface area (Å²) in [6.45, 7) is 5.95. The monoisotopic (exact) mass is 426 g/mol. The zero-order chi connectivity index (χ0) is 19.6. The fourth-order valence-corrected chi connectivity index (χ4v) is 3.86. The van der Waals surface area contributed by atoms with E-state index < -0.39 is 16.9 Å². The van der Waals surface area contributed by atoms with Crippen LogP contribution in [0.4, 0.5) is 5.69 Å². The number of imide groups is 1. The fraction of sp³-hybridized carbons (Fsp3) is 0.286. The van der Waals surface area contributed by atoms with Gasteiger partial charge in [-0.25, -0.2) is 4.99 Å². The van der Waals surface area contributed by atoms with E-state index in [0.717, 1.165) is 9.37 Å². The SMILES string of the molecule is CN1C(=O)c2ccccc2C2(OC(C(C)(C)C)=Nc3ccc(Br)cc32)C1=O. The molecule has 2 heterocycles. The van der Waals surface area contributed by atoms with Crippen molar-refractivity contribution in [2.45, 2.75) is 26.4 Å². The molecule has 0 aromatic heterocycles. The van der Waals surface area contributed by atoms with Crippen molar-refractivity contribution in [3.63, 3.8) is 0 Å². The molecule has 2 amide bonds. The van der Waals surface area contributed by atoms with E-state index in [4.69, 9.17) is 4.74 Å². The number of hydrogen-bond acceptors (Lipinski definition) is 4. The molecule has 27 heavy (non-hydrogen) atoms. The average molecular weight is 427 g/mol. The summed E-state index contributed by atoms with van der Waals surface area (Å²) in [7, 11) is 1.49. The highest BCUT2D eigenvalue weighted by Crippen LogP contribution is 2.49. The number of ether oxygens (including phenoxy) is 1. The maximum atomic E-state index is 13.5. The third-order valence-corrected chi connectivity index (χ3v) is 5.39. The zero-order valence-corrected chi connectivity index (χ0v) is 17.1. The summed E-state index contributed by atoms with van der Waals surface area (Å²) in [4.78, 5) is 32.1. The van der Waals surface area contributed by atoms with E-state index in [1.165, 1.54) is 7.05 Å². The average Bonchev–Trinajstić information content (AvgIpc) is 2.63. The second-order valence-electron chi connectivity index (χ2n) is 7.83. The number of rotatable bonds is 0. The van der Waals surface area contributed by atoms with Crippen LogP contribution < -0.4 is 0 Å². The maximum absolute atomic E-state index is 13.5. The molecule has 1 atom stereocenters. The first-order valence-electron chi connectivity index (χ1n) is 8.66. The molecule has 1 spiro atoms. The largest absolute Gasteiger partial charge is 0.454 e. The van der Waals surface area contributed by atoms with Crippen molar-refractivity contribution in [3.8, 4) is 0 Å². The Morgan fingerprint density at radius 2 is 1.78 bits per heavy atom. The number of fused-ring (bicyclic) bond motifs is 4. The molecule has 2 aliphatic heterocycles. The number of nitrogens with zero attached hydrogens (tertiary/aromatic N) is 2. The second kappa shape index (κ2) is 5.76. The lowest BCUT2D eigenvalue weighted by Gasteiger charge is -2.44. The van der Waals surface area contributed by atoms with Crippen molar-refractivity contribution in [2.75, 3.05) is 7.05 Å². The number of carbonyl (C=O) groups excluding carboxylic acids is 2. The molecule has 4 rings (SSSR count). The van der Waals surface area contributed by atoms with E-state index in [2.05, 4.69) is 20.9 Å². The van der Waals surface area contributed by atoms with Gasteiger partial charge in [0.25, 0.3) is 11.8 Å². The van der Waals surface area contributed by atoms with Crippen LogP contribution in [0.25, 0.3) is 0 Å². The van der Waals surface area contributed by atoms with Crippen LogP contribution in [0.1, 0.15) is 42.3 Å². The minimum Gasteiger partial charge on any atom is -0.454 e.